The van der Waals surface area contributed by atoms with Crippen molar-refractivity contribution < 1.29 is 23.8 Å². The minimum Gasteiger partial charge on any atom is -0.497 e. The zero-order chi connectivity index (χ0) is 19.4. The lowest BCUT2D eigenvalue weighted by Crippen LogP contribution is -2.20. The van der Waals surface area contributed by atoms with Gasteiger partial charge >= 0.3 is 0 Å². The number of anilines is 2. The molecule has 0 heterocycles. The van der Waals surface area contributed by atoms with Gasteiger partial charge in [0, 0.05) is 17.8 Å². The number of rotatable bonds is 7. The first-order valence-corrected chi connectivity index (χ1v) is 8.53. The van der Waals surface area contributed by atoms with Crippen LogP contribution < -0.4 is 24.8 Å². The fourth-order valence-corrected chi connectivity index (χ4v) is 2.84. The molecule has 2 N–H and O–H groups in total. The summed E-state index contributed by atoms with van der Waals surface area (Å²) < 4.78 is 15.6. The third kappa shape index (κ3) is 4.31. The lowest BCUT2D eigenvalue weighted by Gasteiger charge is -2.11. The SMILES string of the molecule is COc1cccc(NC(=O)C2CC2C(=O)Nc2ccc(OC)cc2OC)c1. The zero-order valence-electron chi connectivity index (χ0n) is 15.4. The second-order valence-electron chi connectivity index (χ2n) is 6.23. The molecule has 142 valence electrons. The van der Waals surface area contributed by atoms with Crippen LogP contribution in [0.2, 0.25) is 0 Å². The van der Waals surface area contributed by atoms with E-state index in [4.69, 9.17) is 14.2 Å². The van der Waals surface area contributed by atoms with Crippen molar-refractivity contribution in [2.75, 3.05) is 32.0 Å². The molecule has 7 heteroatoms. The van der Waals surface area contributed by atoms with Gasteiger partial charge in [-0.2, -0.15) is 0 Å². The second-order valence-corrected chi connectivity index (χ2v) is 6.23. The van der Waals surface area contributed by atoms with Crippen molar-refractivity contribution in [3.05, 3.63) is 42.5 Å². The van der Waals surface area contributed by atoms with E-state index in [1.165, 1.54) is 7.11 Å². The van der Waals surface area contributed by atoms with Gasteiger partial charge in [0.25, 0.3) is 0 Å². The first kappa shape index (κ1) is 18.6. The maximum atomic E-state index is 12.5. The molecule has 2 amide bonds. The van der Waals surface area contributed by atoms with Crippen molar-refractivity contribution in [2.45, 2.75) is 6.42 Å². The summed E-state index contributed by atoms with van der Waals surface area (Å²) in [4.78, 5) is 24.8. The smallest absolute Gasteiger partial charge is 0.228 e. The molecule has 2 unspecified atom stereocenters. The van der Waals surface area contributed by atoms with Crippen LogP contribution in [0.3, 0.4) is 0 Å². The Bertz CT molecular complexity index is 852. The Hall–Kier alpha value is -3.22. The van der Waals surface area contributed by atoms with Gasteiger partial charge in [-0.05, 0) is 30.7 Å². The van der Waals surface area contributed by atoms with E-state index in [-0.39, 0.29) is 23.7 Å². The van der Waals surface area contributed by atoms with Crippen molar-refractivity contribution in [3.63, 3.8) is 0 Å². The van der Waals surface area contributed by atoms with Gasteiger partial charge in [0.15, 0.2) is 0 Å². The summed E-state index contributed by atoms with van der Waals surface area (Å²) in [5.41, 5.74) is 1.18. The molecular weight excluding hydrogens is 348 g/mol. The number of benzene rings is 2. The van der Waals surface area contributed by atoms with Crippen LogP contribution in [-0.2, 0) is 9.59 Å². The van der Waals surface area contributed by atoms with Crippen molar-refractivity contribution in [1.29, 1.82) is 0 Å². The minimum atomic E-state index is -0.359. The maximum absolute atomic E-state index is 12.5. The number of nitrogens with one attached hydrogen (secondary N) is 2. The summed E-state index contributed by atoms with van der Waals surface area (Å²) >= 11 is 0. The van der Waals surface area contributed by atoms with Gasteiger partial charge in [-0.15, -0.1) is 0 Å². The summed E-state index contributed by atoms with van der Waals surface area (Å²) in [5.74, 6) is 0.703. The Kier molecular flexibility index (Phi) is 5.49. The zero-order valence-corrected chi connectivity index (χ0v) is 15.4. The largest absolute Gasteiger partial charge is 0.497 e. The van der Waals surface area contributed by atoms with Crippen LogP contribution in [-0.4, -0.2) is 33.1 Å². The molecule has 3 rings (SSSR count). The van der Waals surface area contributed by atoms with Gasteiger partial charge in [0.2, 0.25) is 11.8 Å². The molecule has 0 bridgehead atoms. The molecule has 7 nitrogen and oxygen atoms in total. The molecule has 0 radical (unpaired) electrons. The number of ether oxygens (including phenoxy) is 3. The predicted molar refractivity (Wildman–Crippen MR) is 101 cm³/mol. The highest BCUT2D eigenvalue weighted by Crippen LogP contribution is 2.41. The van der Waals surface area contributed by atoms with Crippen LogP contribution in [0, 0.1) is 11.8 Å². The number of carbonyl (C=O) groups excluding carboxylic acids is 2. The van der Waals surface area contributed by atoms with Crippen LogP contribution in [0.4, 0.5) is 11.4 Å². The van der Waals surface area contributed by atoms with E-state index < -0.39 is 0 Å². The standard InChI is InChI=1S/C20H22N2O5/c1-25-13-6-4-5-12(9-13)21-19(23)15-11-16(15)20(24)22-17-8-7-14(26-2)10-18(17)27-3/h4-10,15-16H,11H2,1-3H3,(H,21,23)(H,22,24). The first-order chi connectivity index (χ1) is 13.0. The lowest BCUT2D eigenvalue weighted by atomic mass is 10.2. The molecule has 2 aromatic carbocycles. The average Bonchev–Trinajstić information content (AvgIpc) is 3.49. The Morgan fingerprint density at radius 1 is 0.852 bits per heavy atom. The number of hydrogen-bond donors (Lipinski definition) is 2. The minimum absolute atomic E-state index is 0.176. The number of amides is 2. The second kappa shape index (κ2) is 7.99. The third-order valence-electron chi connectivity index (χ3n) is 4.47. The van der Waals surface area contributed by atoms with Crippen molar-refractivity contribution in [2.24, 2.45) is 11.8 Å². The number of carbonyl (C=O) groups is 2. The first-order valence-electron chi connectivity index (χ1n) is 8.53. The van der Waals surface area contributed by atoms with Gasteiger partial charge in [-0.3, -0.25) is 9.59 Å². The topological polar surface area (TPSA) is 85.9 Å². The highest BCUT2D eigenvalue weighted by molar-refractivity contribution is 6.03. The van der Waals surface area contributed by atoms with Gasteiger partial charge in [-0.1, -0.05) is 6.07 Å². The molecule has 1 saturated carbocycles. The van der Waals surface area contributed by atoms with E-state index in [2.05, 4.69) is 10.6 Å². The lowest BCUT2D eigenvalue weighted by molar-refractivity contribution is -0.122. The number of hydrogen-bond acceptors (Lipinski definition) is 5. The summed E-state index contributed by atoms with van der Waals surface area (Å²) in [7, 11) is 4.64. The molecule has 1 aliphatic carbocycles. The highest BCUT2D eigenvalue weighted by atomic mass is 16.5. The summed E-state index contributed by atoms with van der Waals surface area (Å²) in [5, 5.41) is 5.65. The van der Waals surface area contributed by atoms with Crippen LogP contribution in [0.15, 0.2) is 42.5 Å². The third-order valence-corrected chi connectivity index (χ3v) is 4.47. The highest BCUT2D eigenvalue weighted by Gasteiger charge is 2.48. The van der Waals surface area contributed by atoms with E-state index in [0.29, 0.717) is 35.0 Å². The van der Waals surface area contributed by atoms with Crippen molar-refractivity contribution in [3.8, 4) is 17.2 Å². The maximum Gasteiger partial charge on any atom is 0.228 e. The van der Waals surface area contributed by atoms with Gasteiger partial charge in [0.1, 0.15) is 17.2 Å². The van der Waals surface area contributed by atoms with Gasteiger partial charge in [-0.25, -0.2) is 0 Å². The van der Waals surface area contributed by atoms with E-state index in [1.54, 1.807) is 56.7 Å². The van der Waals surface area contributed by atoms with E-state index in [9.17, 15) is 9.59 Å². The van der Waals surface area contributed by atoms with Crippen LogP contribution >= 0.6 is 0 Å². The van der Waals surface area contributed by atoms with E-state index in [1.807, 2.05) is 0 Å². The van der Waals surface area contributed by atoms with E-state index >= 15 is 0 Å². The molecule has 1 aliphatic rings. The van der Waals surface area contributed by atoms with E-state index in [0.717, 1.165) is 0 Å². The van der Waals surface area contributed by atoms with Crippen LogP contribution in [0.5, 0.6) is 17.2 Å². The molecule has 2 atom stereocenters. The summed E-state index contributed by atoms with van der Waals surface area (Å²) in [6, 6.07) is 12.2. The van der Waals surface area contributed by atoms with Gasteiger partial charge in [0.05, 0.1) is 38.9 Å². The normalized spacial score (nSPS) is 17.6. The molecular formula is C20H22N2O5. The van der Waals surface area contributed by atoms with Crippen LogP contribution in [0.25, 0.3) is 0 Å². The molecule has 0 aromatic heterocycles. The molecule has 0 saturated heterocycles. The predicted octanol–water partition coefficient (Wildman–Crippen LogP) is 2.93. The van der Waals surface area contributed by atoms with Crippen molar-refractivity contribution >= 4 is 23.2 Å². The summed E-state index contributed by atoms with van der Waals surface area (Å²) in [6.45, 7) is 0. The monoisotopic (exact) mass is 370 g/mol. The molecule has 0 spiro atoms. The Labute approximate surface area is 157 Å². The summed E-state index contributed by atoms with van der Waals surface area (Å²) in [6.07, 6.45) is 0.514. The van der Waals surface area contributed by atoms with Gasteiger partial charge < -0.3 is 24.8 Å². The fourth-order valence-electron chi connectivity index (χ4n) is 2.84. The molecule has 2 aromatic rings. The molecule has 0 aliphatic heterocycles. The average molecular weight is 370 g/mol. The molecule has 27 heavy (non-hydrogen) atoms. The Morgan fingerprint density at radius 3 is 2.19 bits per heavy atom. The number of methoxy groups -OCH3 is 3. The Morgan fingerprint density at radius 2 is 1.52 bits per heavy atom. The van der Waals surface area contributed by atoms with Crippen LogP contribution in [0.1, 0.15) is 6.42 Å². The molecule has 1 fully saturated rings. The Balaban J connectivity index is 1.59. The van der Waals surface area contributed by atoms with Crippen molar-refractivity contribution in [1.82, 2.24) is 0 Å². The quantitative estimate of drug-likeness (QED) is 0.783. The fraction of sp³-hybridized carbons (Fsp3) is 0.300.